The summed E-state index contributed by atoms with van der Waals surface area (Å²) in [6.45, 7) is 16.9. The van der Waals surface area contributed by atoms with Gasteiger partial charge in [-0.05, 0) is 43.1 Å². The van der Waals surface area contributed by atoms with Gasteiger partial charge < -0.3 is 39.9 Å². The summed E-state index contributed by atoms with van der Waals surface area (Å²) in [4.78, 5) is 72.4. The topological polar surface area (TPSA) is 158 Å². The van der Waals surface area contributed by atoms with Gasteiger partial charge in [0.25, 0.3) is 0 Å². The highest BCUT2D eigenvalue weighted by atomic mass is 16.5. The number of ether oxygens (including phenoxy) is 2. The van der Waals surface area contributed by atoms with E-state index >= 15 is 0 Å². The number of aliphatic hydroxyl groups excluding tert-OH is 1. The number of methoxy groups -OCH3 is 2. The zero-order valence-corrected chi connectivity index (χ0v) is 35.0. The van der Waals surface area contributed by atoms with Gasteiger partial charge in [-0.15, -0.1) is 0 Å². The van der Waals surface area contributed by atoms with E-state index in [1.54, 1.807) is 44.9 Å². The predicted molar refractivity (Wildman–Crippen MR) is 209 cm³/mol. The molecule has 1 saturated heterocycles. The molecule has 13 nitrogen and oxygen atoms in total. The Morgan fingerprint density at radius 3 is 2.00 bits per heavy atom. The average Bonchev–Trinajstić information content (AvgIpc) is 3.62. The van der Waals surface area contributed by atoms with Gasteiger partial charge in [0.05, 0.1) is 48.8 Å². The van der Waals surface area contributed by atoms with Crippen LogP contribution in [0.15, 0.2) is 30.3 Å². The first-order chi connectivity index (χ1) is 25.3. The van der Waals surface area contributed by atoms with E-state index in [0.717, 1.165) is 6.42 Å². The van der Waals surface area contributed by atoms with Gasteiger partial charge in [-0.2, -0.15) is 0 Å². The lowest BCUT2D eigenvalue weighted by molar-refractivity contribution is -0.148. The van der Waals surface area contributed by atoms with Crippen molar-refractivity contribution < 1.29 is 38.6 Å². The van der Waals surface area contributed by atoms with Crippen molar-refractivity contribution in [2.45, 2.75) is 137 Å². The Morgan fingerprint density at radius 1 is 0.889 bits per heavy atom. The molecule has 3 N–H and O–H groups in total. The Morgan fingerprint density at radius 2 is 1.50 bits per heavy atom. The van der Waals surface area contributed by atoms with Crippen LogP contribution in [0.3, 0.4) is 0 Å². The highest BCUT2D eigenvalue weighted by Gasteiger charge is 2.43. The normalized spacial score (nSPS) is 19.6. The molecule has 13 heteroatoms. The van der Waals surface area contributed by atoms with Gasteiger partial charge in [-0.25, -0.2) is 0 Å². The van der Waals surface area contributed by atoms with Gasteiger partial charge in [0.15, 0.2) is 0 Å². The highest BCUT2D eigenvalue weighted by Crippen LogP contribution is 2.30. The van der Waals surface area contributed by atoms with Crippen LogP contribution in [0.1, 0.15) is 99.7 Å². The fraction of sp³-hybridized carbons (Fsp3) is 0.732. The molecule has 1 aliphatic rings. The van der Waals surface area contributed by atoms with E-state index in [-0.39, 0.29) is 53.8 Å². The minimum absolute atomic E-state index is 0.00548. The number of nitrogens with zero attached hydrogens (tertiary/aromatic N) is 3. The summed E-state index contributed by atoms with van der Waals surface area (Å²) in [6.07, 6.45) is -0.0592. The van der Waals surface area contributed by atoms with Gasteiger partial charge in [-0.3, -0.25) is 24.0 Å². The fourth-order valence-electron chi connectivity index (χ4n) is 7.77. The summed E-state index contributed by atoms with van der Waals surface area (Å²) in [5, 5.41) is 16.7. The van der Waals surface area contributed by atoms with Crippen LogP contribution in [0.4, 0.5) is 0 Å². The summed E-state index contributed by atoms with van der Waals surface area (Å²) in [6, 6.07) is 6.10. The SMILES string of the molecule is CC[C@H](C)C(C(CC(=O)N1CCC[C@H]1[C@H](OC)[C@@H](C)C(=O)N[C@H](C)[C@@H](O)c1ccccc1)OC)N(C)C(=O)[C@@H](NC(=O)C(C(C)C)N(C)C(C)=O)C(C)C. The van der Waals surface area contributed by atoms with Crippen molar-refractivity contribution in [1.29, 1.82) is 0 Å². The first kappa shape index (κ1) is 46.6. The molecular weight excluding hydrogens is 690 g/mol. The third-order valence-electron chi connectivity index (χ3n) is 11.3. The summed E-state index contributed by atoms with van der Waals surface area (Å²) in [7, 11) is 6.35. The first-order valence-electron chi connectivity index (χ1n) is 19.5. The lowest BCUT2D eigenvalue weighted by atomic mass is 9.89. The van der Waals surface area contributed by atoms with Crippen LogP contribution in [0.2, 0.25) is 0 Å². The Hall–Kier alpha value is -3.55. The smallest absolute Gasteiger partial charge is 0.245 e. The quantitative estimate of drug-likeness (QED) is 0.181. The van der Waals surface area contributed by atoms with E-state index in [1.807, 2.05) is 71.9 Å². The number of hydrogen-bond acceptors (Lipinski definition) is 8. The van der Waals surface area contributed by atoms with Crippen LogP contribution in [0, 0.1) is 23.7 Å². The molecule has 0 aromatic heterocycles. The zero-order chi connectivity index (χ0) is 41.0. The summed E-state index contributed by atoms with van der Waals surface area (Å²) in [5.41, 5.74) is 0.700. The van der Waals surface area contributed by atoms with E-state index < -0.39 is 54.3 Å². The minimum atomic E-state index is -0.889. The molecule has 3 unspecified atom stereocenters. The number of aliphatic hydroxyl groups is 1. The van der Waals surface area contributed by atoms with Crippen molar-refractivity contribution >= 4 is 29.5 Å². The van der Waals surface area contributed by atoms with Crippen LogP contribution in [-0.4, -0.2) is 127 Å². The van der Waals surface area contributed by atoms with Crippen molar-refractivity contribution in [3.63, 3.8) is 0 Å². The largest absolute Gasteiger partial charge is 0.386 e. The molecule has 10 atom stereocenters. The minimum Gasteiger partial charge on any atom is -0.386 e. The molecule has 2 rings (SSSR count). The van der Waals surface area contributed by atoms with Crippen molar-refractivity contribution in [3.05, 3.63) is 35.9 Å². The second-order valence-corrected chi connectivity index (χ2v) is 15.8. The summed E-state index contributed by atoms with van der Waals surface area (Å²) >= 11 is 0. The Bertz CT molecular complexity index is 1380. The van der Waals surface area contributed by atoms with Gasteiger partial charge >= 0.3 is 0 Å². The lowest BCUT2D eigenvalue weighted by Gasteiger charge is -2.41. The maximum absolute atomic E-state index is 14.3. The summed E-state index contributed by atoms with van der Waals surface area (Å²) in [5.74, 6) is -2.54. The van der Waals surface area contributed by atoms with Gasteiger partial charge in [-0.1, -0.05) is 85.2 Å². The van der Waals surface area contributed by atoms with Crippen LogP contribution >= 0.6 is 0 Å². The van der Waals surface area contributed by atoms with E-state index in [4.69, 9.17) is 9.47 Å². The molecule has 1 aromatic carbocycles. The molecule has 1 aromatic rings. The molecule has 0 bridgehead atoms. The molecule has 54 heavy (non-hydrogen) atoms. The van der Waals surface area contributed by atoms with Crippen molar-refractivity contribution in [2.24, 2.45) is 23.7 Å². The van der Waals surface area contributed by atoms with E-state index in [0.29, 0.717) is 24.9 Å². The number of likely N-dealkylation sites (tertiary alicyclic amines) is 1. The first-order valence-corrected chi connectivity index (χ1v) is 19.5. The number of amides is 5. The maximum Gasteiger partial charge on any atom is 0.245 e. The Labute approximate surface area is 323 Å². The Kier molecular flexibility index (Phi) is 18.6. The molecule has 0 spiro atoms. The highest BCUT2D eigenvalue weighted by molar-refractivity contribution is 5.92. The van der Waals surface area contributed by atoms with Crippen molar-refractivity contribution in [2.75, 3.05) is 34.9 Å². The third-order valence-corrected chi connectivity index (χ3v) is 11.3. The molecule has 1 heterocycles. The molecule has 5 amide bonds. The van der Waals surface area contributed by atoms with Gasteiger partial charge in [0, 0.05) is 41.8 Å². The van der Waals surface area contributed by atoms with Crippen molar-refractivity contribution in [3.8, 4) is 0 Å². The molecule has 306 valence electrons. The van der Waals surface area contributed by atoms with Crippen LogP contribution in [-0.2, 0) is 33.4 Å². The standard InChI is InChI=1S/C41H69N5O8/c1-14-26(6)36(45(11)41(52)34(24(2)3)43-40(51)35(25(4)5)44(10)29(9)47)32(53-12)23-33(48)46-22-18-21-31(46)38(54-13)27(7)39(50)42-28(8)37(49)30-19-16-15-17-20-30/h15-17,19-20,24-28,31-32,34-38,49H,14,18,21-23H2,1-13H3,(H,42,50)(H,43,51)/t26-,27+,28+,31-,32?,34-,35?,36?,37+,38+/m0/s1. The van der Waals surface area contributed by atoms with Crippen molar-refractivity contribution in [1.82, 2.24) is 25.3 Å². The fourth-order valence-corrected chi connectivity index (χ4v) is 7.77. The van der Waals surface area contributed by atoms with Crippen LogP contribution in [0.5, 0.6) is 0 Å². The molecule has 0 aliphatic carbocycles. The Balaban J connectivity index is 2.27. The number of benzene rings is 1. The van der Waals surface area contributed by atoms with E-state index in [1.165, 1.54) is 18.9 Å². The molecule has 1 aliphatic heterocycles. The predicted octanol–water partition coefficient (Wildman–Crippen LogP) is 3.79. The second-order valence-electron chi connectivity index (χ2n) is 15.8. The van der Waals surface area contributed by atoms with E-state index in [9.17, 15) is 29.1 Å². The average molecular weight is 760 g/mol. The molecule has 1 fully saturated rings. The zero-order valence-electron chi connectivity index (χ0n) is 35.0. The molecular formula is C41H69N5O8. The summed E-state index contributed by atoms with van der Waals surface area (Å²) < 4.78 is 11.9. The van der Waals surface area contributed by atoms with Gasteiger partial charge in [0.2, 0.25) is 29.5 Å². The number of hydrogen-bond donors (Lipinski definition) is 3. The van der Waals surface area contributed by atoms with Crippen LogP contribution in [0.25, 0.3) is 0 Å². The number of rotatable bonds is 20. The second kappa shape index (κ2) is 21.5. The third kappa shape index (κ3) is 11.7. The number of likely N-dealkylation sites (N-methyl/N-ethyl adjacent to an activating group) is 2. The monoisotopic (exact) mass is 760 g/mol. The van der Waals surface area contributed by atoms with E-state index in [2.05, 4.69) is 10.6 Å². The maximum atomic E-state index is 14.3. The number of carbonyl (C=O) groups is 5. The lowest BCUT2D eigenvalue weighted by Crippen LogP contribution is -2.60. The molecule has 0 radical (unpaired) electrons. The number of nitrogens with one attached hydrogen (secondary N) is 2. The van der Waals surface area contributed by atoms with Crippen LogP contribution < -0.4 is 10.6 Å². The molecule has 0 saturated carbocycles. The number of carbonyl (C=O) groups excluding carboxylic acids is 5. The van der Waals surface area contributed by atoms with Gasteiger partial charge in [0.1, 0.15) is 12.1 Å².